The first-order valence-corrected chi connectivity index (χ1v) is 17.7. The molecule has 4 aromatic carbocycles. The number of aromatic amines is 1. The molecule has 6 rings (SSSR count). The van der Waals surface area contributed by atoms with E-state index in [0.717, 1.165) is 26.9 Å². The number of fused-ring (bicyclic) bond motifs is 1. The molecule has 2 aromatic heterocycles. The summed E-state index contributed by atoms with van der Waals surface area (Å²) in [6.07, 6.45) is 1.41. The lowest BCUT2D eigenvalue weighted by Gasteiger charge is -2.21. The van der Waals surface area contributed by atoms with Gasteiger partial charge in [0.15, 0.2) is 0 Å². The summed E-state index contributed by atoms with van der Waals surface area (Å²) in [6, 6.07) is 29.1. The molecule has 1 atom stereocenters. The first kappa shape index (κ1) is 36.4. The second-order valence-corrected chi connectivity index (χ2v) is 14.2. The van der Waals surface area contributed by atoms with Crippen molar-refractivity contribution < 1.29 is 28.7 Å². The van der Waals surface area contributed by atoms with E-state index in [-0.39, 0.29) is 6.42 Å². The van der Waals surface area contributed by atoms with E-state index in [1.165, 1.54) is 0 Å². The van der Waals surface area contributed by atoms with E-state index in [0.29, 0.717) is 33.9 Å². The Bertz CT molecular complexity index is 2240. The number of carbonyl (C=O) groups excluding carboxylic acids is 4. The lowest BCUT2D eigenvalue weighted by atomic mass is 10.0. The van der Waals surface area contributed by atoms with Crippen LogP contribution in [0.1, 0.15) is 47.1 Å². The molecule has 6 aromatic rings. The molecule has 11 nitrogen and oxygen atoms in total. The minimum atomic E-state index is -0.932. The highest BCUT2D eigenvalue weighted by molar-refractivity contribution is 7.13. The van der Waals surface area contributed by atoms with Gasteiger partial charge in [0, 0.05) is 45.2 Å². The van der Waals surface area contributed by atoms with E-state index in [1.807, 2.05) is 54.0 Å². The maximum Gasteiger partial charge on any atom is 0.412 e. The van der Waals surface area contributed by atoms with Crippen molar-refractivity contribution in [3.63, 3.8) is 0 Å². The van der Waals surface area contributed by atoms with Gasteiger partial charge in [0.2, 0.25) is 5.91 Å². The number of thiophene rings is 1. The number of ether oxygens (including phenoxy) is 2. The molecule has 270 valence electrons. The number of carbonyl (C=O) groups is 4. The molecule has 12 heteroatoms. The van der Waals surface area contributed by atoms with Gasteiger partial charge in [-0.15, -0.1) is 11.3 Å². The van der Waals surface area contributed by atoms with Crippen LogP contribution in [0.25, 0.3) is 21.3 Å². The topological polar surface area (TPSA) is 151 Å². The van der Waals surface area contributed by atoms with Gasteiger partial charge in [-0.05, 0) is 110 Å². The number of rotatable bonds is 11. The Morgan fingerprint density at radius 2 is 1.49 bits per heavy atom. The van der Waals surface area contributed by atoms with Crippen LogP contribution in [-0.4, -0.2) is 47.6 Å². The molecule has 0 aliphatic carbocycles. The lowest BCUT2D eigenvalue weighted by molar-refractivity contribution is -0.118. The number of hydrogen-bond acceptors (Lipinski definition) is 7. The molecule has 0 aliphatic heterocycles. The van der Waals surface area contributed by atoms with Crippen molar-refractivity contribution in [1.82, 2.24) is 10.3 Å². The summed E-state index contributed by atoms with van der Waals surface area (Å²) in [5, 5.41) is 14.3. The lowest BCUT2D eigenvalue weighted by Crippen LogP contribution is -2.45. The third-order valence-corrected chi connectivity index (χ3v) is 9.12. The van der Waals surface area contributed by atoms with Crippen LogP contribution in [0.2, 0.25) is 0 Å². The molecule has 0 bridgehead atoms. The fourth-order valence-electron chi connectivity index (χ4n) is 5.61. The van der Waals surface area contributed by atoms with Gasteiger partial charge >= 0.3 is 6.09 Å². The van der Waals surface area contributed by atoms with Crippen molar-refractivity contribution in [3.05, 3.63) is 131 Å². The van der Waals surface area contributed by atoms with Crippen LogP contribution < -0.4 is 26.0 Å². The van der Waals surface area contributed by atoms with Crippen LogP contribution in [0.4, 0.5) is 21.9 Å². The summed E-state index contributed by atoms with van der Waals surface area (Å²) in [6.45, 7) is 5.30. The van der Waals surface area contributed by atoms with Gasteiger partial charge in [-0.1, -0.05) is 30.3 Å². The van der Waals surface area contributed by atoms with Crippen molar-refractivity contribution in [1.29, 1.82) is 0 Å². The summed E-state index contributed by atoms with van der Waals surface area (Å²) in [5.41, 5.74) is 3.82. The van der Waals surface area contributed by atoms with E-state index >= 15 is 0 Å². The summed E-state index contributed by atoms with van der Waals surface area (Å²) in [4.78, 5) is 57.4. The third kappa shape index (κ3) is 9.29. The quantitative estimate of drug-likeness (QED) is 0.0903. The van der Waals surface area contributed by atoms with Gasteiger partial charge in [0.1, 0.15) is 17.4 Å². The SMILES string of the molecule is COc1ccc(C(=O)N[C@@H](Cc2c[nH]c3ccccc23)C(=O)Nc2ccc(C(=O)Nc3cc(-c4cccs4)ccc3NC(=O)OC(C)(C)C)cc2)cc1. The van der Waals surface area contributed by atoms with E-state index in [2.05, 4.69) is 26.3 Å². The van der Waals surface area contributed by atoms with Crippen LogP contribution in [0.5, 0.6) is 5.75 Å². The summed E-state index contributed by atoms with van der Waals surface area (Å²) in [5.74, 6) is -0.667. The zero-order valence-corrected chi connectivity index (χ0v) is 30.4. The average molecular weight is 730 g/mol. The molecule has 0 radical (unpaired) electrons. The maximum absolute atomic E-state index is 13.8. The fourth-order valence-corrected chi connectivity index (χ4v) is 6.33. The van der Waals surface area contributed by atoms with E-state index < -0.39 is 35.5 Å². The van der Waals surface area contributed by atoms with Gasteiger partial charge in [0.25, 0.3) is 11.8 Å². The largest absolute Gasteiger partial charge is 0.497 e. The van der Waals surface area contributed by atoms with Crippen molar-refractivity contribution in [2.24, 2.45) is 0 Å². The van der Waals surface area contributed by atoms with E-state index in [4.69, 9.17) is 9.47 Å². The average Bonchev–Trinajstić information content (AvgIpc) is 3.83. The zero-order chi connectivity index (χ0) is 37.5. The number of hydrogen-bond donors (Lipinski definition) is 5. The minimum absolute atomic E-state index is 0.225. The summed E-state index contributed by atoms with van der Waals surface area (Å²) < 4.78 is 10.6. The number of benzene rings is 4. The van der Waals surface area contributed by atoms with Crippen molar-refractivity contribution >= 4 is 63.1 Å². The van der Waals surface area contributed by atoms with E-state index in [9.17, 15) is 19.2 Å². The third-order valence-electron chi connectivity index (χ3n) is 8.20. The Hall–Kier alpha value is -6.40. The van der Waals surface area contributed by atoms with Gasteiger partial charge in [-0.3, -0.25) is 19.7 Å². The molecule has 0 saturated carbocycles. The number of nitrogens with one attached hydrogen (secondary N) is 5. The second kappa shape index (κ2) is 15.9. The molecule has 0 unspecified atom stereocenters. The number of anilines is 3. The molecule has 53 heavy (non-hydrogen) atoms. The molecular formula is C41H39N5O6S. The van der Waals surface area contributed by atoms with Crippen LogP contribution in [0.15, 0.2) is 115 Å². The summed E-state index contributed by atoms with van der Waals surface area (Å²) in [7, 11) is 1.54. The second-order valence-electron chi connectivity index (χ2n) is 13.2. The highest BCUT2D eigenvalue weighted by Crippen LogP contribution is 2.32. The Balaban J connectivity index is 1.18. The van der Waals surface area contributed by atoms with Gasteiger partial charge in [-0.25, -0.2) is 4.79 Å². The first-order valence-electron chi connectivity index (χ1n) is 16.9. The van der Waals surface area contributed by atoms with E-state index in [1.54, 1.807) is 99.9 Å². The number of para-hydroxylation sites is 1. The van der Waals surface area contributed by atoms with Crippen molar-refractivity contribution in [2.75, 3.05) is 23.1 Å². The van der Waals surface area contributed by atoms with Crippen molar-refractivity contribution in [3.8, 4) is 16.2 Å². The molecular weight excluding hydrogens is 691 g/mol. The Labute approximate surface area is 310 Å². The maximum atomic E-state index is 13.8. The van der Waals surface area contributed by atoms with Crippen molar-refractivity contribution in [2.45, 2.75) is 38.8 Å². The normalized spacial score (nSPS) is 11.7. The predicted octanol–water partition coefficient (Wildman–Crippen LogP) is 8.48. The zero-order valence-electron chi connectivity index (χ0n) is 29.6. The summed E-state index contributed by atoms with van der Waals surface area (Å²) >= 11 is 1.55. The molecule has 4 amide bonds. The number of methoxy groups -OCH3 is 1. The van der Waals surface area contributed by atoms with Crippen LogP contribution >= 0.6 is 11.3 Å². The number of amides is 4. The Kier molecular flexibility index (Phi) is 10.9. The Morgan fingerprint density at radius 1 is 0.774 bits per heavy atom. The van der Waals surface area contributed by atoms with Gasteiger partial charge < -0.3 is 30.4 Å². The molecule has 0 spiro atoms. The molecule has 2 heterocycles. The fraction of sp³-hybridized carbons (Fsp3) is 0.171. The highest BCUT2D eigenvalue weighted by atomic mass is 32.1. The predicted molar refractivity (Wildman–Crippen MR) is 209 cm³/mol. The Morgan fingerprint density at radius 3 is 2.19 bits per heavy atom. The standard InChI is InChI=1S/C41H39N5O6S/c1-41(2,3)52-40(50)46-33-20-15-27(36-10-7-21-53-36)22-34(33)44-37(47)25-11-16-29(17-12-25)43-39(49)35(23-28-24-42-32-9-6-5-8-31(28)32)45-38(48)26-13-18-30(51-4)19-14-26/h5-22,24,35,42H,23H2,1-4H3,(H,43,49)(H,44,47)(H,45,48)(H,46,50)/t35-/m0/s1. The van der Waals surface area contributed by atoms with Crippen LogP contribution in [0.3, 0.4) is 0 Å². The molecule has 5 N–H and O–H groups in total. The molecule has 0 fully saturated rings. The van der Waals surface area contributed by atoms with Gasteiger partial charge in [0.05, 0.1) is 18.5 Å². The number of H-pyrrole nitrogens is 1. The van der Waals surface area contributed by atoms with Crippen LogP contribution in [-0.2, 0) is 16.0 Å². The highest BCUT2D eigenvalue weighted by Gasteiger charge is 2.24. The molecule has 0 aliphatic rings. The molecule has 0 saturated heterocycles. The smallest absolute Gasteiger partial charge is 0.412 e. The first-order chi connectivity index (χ1) is 25.5. The van der Waals surface area contributed by atoms with Gasteiger partial charge in [-0.2, -0.15) is 0 Å². The van der Waals surface area contributed by atoms with Crippen LogP contribution in [0, 0.1) is 0 Å². The minimum Gasteiger partial charge on any atom is -0.497 e. The monoisotopic (exact) mass is 729 g/mol. The number of aromatic nitrogens is 1.